The van der Waals surface area contributed by atoms with E-state index in [1.54, 1.807) is 0 Å². The molecule has 4 rings (SSSR count). The highest BCUT2D eigenvalue weighted by molar-refractivity contribution is 5.76. The summed E-state index contributed by atoms with van der Waals surface area (Å²) in [4.78, 5) is 37.5. The van der Waals surface area contributed by atoms with Crippen LogP contribution in [0.4, 0.5) is 5.82 Å². The molecule has 0 radical (unpaired) electrons. The third kappa shape index (κ3) is 2.59. The maximum atomic E-state index is 12.8. The second kappa shape index (κ2) is 6.50. The van der Waals surface area contributed by atoms with E-state index in [9.17, 15) is 14.4 Å². The molecule has 7 heteroatoms. The molecule has 2 N–H and O–H groups in total. The number of nitrogens with two attached hydrogens (primary N) is 1. The summed E-state index contributed by atoms with van der Waals surface area (Å²) < 4.78 is 8.15. The quantitative estimate of drug-likeness (QED) is 0.611. The van der Waals surface area contributed by atoms with E-state index in [-0.39, 0.29) is 36.1 Å². The number of carbonyl (C=O) groups excluding carboxylic acids is 1. The van der Waals surface area contributed by atoms with Crippen molar-refractivity contribution in [2.45, 2.75) is 38.2 Å². The highest BCUT2D eigenvalue weighted by Gasteiger charge is 2.53. The number of rotatable bonds is 2. The highest BCUT2D eigenvalue weighted by atomic mass is 16.6. The summed E-state index contributed by atoms with van der Waals surface area (Å²) in [5.41, 5.74) is 7.80. The number of hydrogen-bond acceptors (Lipinski definition) is 5. The first-order chi connectivity index (χ1) is 13.2. The van der Waals surface area contributed by atoms with Gasteiger partial charge < -0.3 is 10.5 Å². The molecule has 1 aromatic heterocycles. The summed E-state index contributed by atoms with van der Waals surface area (Å²) in [7, 11) is 2.95. The number of allylic oxidation sites excluding steroid dienone is 1. The van der Waals surface area contributed by atoms with Crippen LogP contribution in [0.25, 0.3) is 0 Å². The van der Waals surface area contributed by atoms with E-state index in [1.807, 2.05) is 0 Å². The summed E-state index contributed by atoms with van der Waals surface area (Å²) >= 11 is 0. The summed E-state index contributed by atoms with van der Waals surface area (Å²) in [5, 5.41) is 0. The molecule has 0 unspecified atom stereocenters. The fourth-order valence-electron chi connectivity index (χ4n) is 5.42. The van der Waals surface area contributed by atoms with E-state index in [2.05, 4.69) is 13.2 Å². The SMILES string of the molecule is C=C1CC[C@H]2C(=C)CC[C@@H]3[C@H](OC(=O)[C@H]3Cc3c(N)n(C)c(=O)n(C)c3=O)[C@@H]12. The molecule has 2 heterocycles. The Morgan fingerprint density at radius 3 is 2.46 bits per heavy atom. The molecule has 28 heavy (non-hydrogen) atoms. The normalized spacial score (nSPS) is 32.1. The van der Waals surface area contributed by atoms with Gasteiger partial charge in [-0.15, -0.1) is 0 Å². The first-order valence-corrected chi connectivity index (χ1v) is 9.82. The van der Waals surface area contributed by atoms with Crippen LogP contribution in [0.3, 0.4) is 0 Å². The van der Waals surface area contributed by atoms with Gasteiger partial charge in [-0.05, 0) is 38.0 Å². The number of hydrogen-bond donors (Lipinski definition) is 1. The van der Waals surface area contributed by atoms with E-state index in [4.69, 9.17) is 10.5 Å². The Labute approximate surface area is 163 Å². The molecular weight excluding hydrogens is 358 g/mol. The first kappa shape index (κ1) is 18.8. The summed E-state index contributed by atoms with van der Waals surface area (Å²) in [6.07, 6.45) is 3.57. The number of ether oxygens (including phenoxy) is 1. The van der Waals surface area contributed by atoms with E-state index >= 15 is 0 Å². The van der Waals surface area contributed by atoms with Gasteiger partial charge >= 0.3 is 11.7 Å². The Morgan fingerprint density at radius 2 is 1.75 bits per heavy atom. The fourth-order valence-corrected chi connectivity index (χ4v) is 5.42. The average Bonchev–Trinajstić information content (AvgIpc) is 3.15. The molecule has 0 aromatic carbocycles. The van der Waals surface area contributed by atoms with Gasteiger partial charge in [0.1, 0.15) is 11.9 Å². The minimum Gasteiger partial charge on any atom is -0.461 e. The summed E-state index contributed by atoms with van der Waals surface area (Å²) in [6.45, 7) is 8.50. The molecular formula is C21H27N3O4. The zero-order valence-corrected chi connectivity index (χ0v) is 16.4. The molecule has 3 aliphatic rings. The van der Waals surface area contributed by atoms with Crippen LogP contribution in [0.5, 0.6) is 0 Å². The van der Waals surface area contributed by atoms with Gasteiger partial charge in [-0.25, -0.2) is 4.79 Å². The molecule has 0 spiro atoms. The molecule has 3 fully saturated rings. The van der Waals surface area contributed by atoms with Crippen molar-refractivity contribution in [1.29, 1.82) is 0 Å². The largest absolute Gasteiger partial charge is 0.461 e. The van der Waals surface area contributed by atoms with Crippen molar-refractivity contribution >= 4 is 11.8 Å². The van der Waals surface area contributed by atoms with Gasteiger partial charge in [0, 0.05) is 25.9 Å². The maximum absolute atomic E-state index is 12.8. The highest BCUT2D eigenvalue weighted by Crippen LogP contribution is 2.52. The van der Waals surface area contributed by atoms with Crippen LogP contribution in [-0.4, -0.2) is 21.2 Å². The van der Waals surface area contributed by atoms with Crippen LogP contribution in [0.2, 0.25) is 0 Å². The monoisotopic (exact) mass is 385 g/mol. The first-order valence-electron chi connectivity index (χ1n) is 9.82. The minimum atomic E-state index is -0.478. The smallest absolute Gasteiger partial charge is 0.332 e. The molecule has 1 aliphatic heterocycles. The topological polar surface area (TPSA) is 96.3 Å². The lowest BCUT2D eigenvalue weighted by molar-refractivity contribution is -0.145. The van der Waals surface area contributed by atoms with Crippen LogP contribution in [0, 0.1) is 23.7 Å². The van der Waals surface area contributed by atoms with Crippen LogP contribution >= 0.6 is 0 Å². The average molecular weight is 385 g/mol. The van der Waals surface area contributed by atoms with Gasteiger partial charge in [0.05, 0.1) is 11.5 Å². The predicted molar refractivity (Wildman–Crippen MR) is 106 cm³/mol. The third-order valence-corrected chi connectivity index (χ3v) is 7.08. The maximum Gasteiger partial charge on any atom is 0.332 e. The van der Waals surface area contributed by atoms with Gasteiger partial charge in [0.15, 0.2) is 0 Å². The second-order valence-corrected chi connectivity index (χ2v) is 8.47. The number of carbonyl (C=O) groups is 1. The Kier molecular flexibility index (Phi) is 4.36. The molecule has 0 bridgehead atoms. The zero-order chi connectivity index (χ0) is 20.3. The Balaban J connectivity index is 1.72. The lowest BCUT2D eigenvalue weighted by Gasteiger charge is -2.27. The van der Waals surface area contributed by atoms with Gasteiger partial charge in [0.25, 0.3) is 5.56 Å². The number of nitrogens with zero attached hydrogens (tertiary/aromatic N) is 2. The van der Waals surface area contributed by atoms with Crippen LogP contribution < -0.4 is 17.0 Å². The molecule has 1 saturated heterocycles. The van der Waals surface area contributed by atoms with Crippen LogP contribution in [0.1, 0.15) is 31.2 Å². The molecule has 0 amide bonds. The van der Waals surface area contributed by atoms with Crippen molar-refractivity contribution in [3.05, 3.63) is 50.7 Å². The van der Waals surface area contributed by atoms with Crippen molar-refractivity contribution in [2.24, 2.45) is 37.8 Å². The van der Waals surface area contributed by atoms with E-state index in [1.165, 1.54) is 24.2 Å². The van der Waals surface area contributed by atoms with Crippen LogP contribution in [0.15, 0.2) is 33.9 Å². The van der Waals surface area contributed by atoms with Crippen molar-refractivity contribution in [2.75, 3.05) is 5.73 Å². The molecule has 5 atom stereocenters. The third-order valence-electron chi connectivity index (χ3n) is 7.08. The predicted octanol–water partition coefficient (Wildman–Crippen LogP) is 1.30. The summed E-state index contributed by atoms with van der Waals surface area (Å²) in [6, 6.07) is 0. The van der Waals surface area contributed by atoms with Gasteiger partial charge in [0.2, 0.25) is 0 Å². The number of aromatic nitrogens is 2. The molecule has 2 saturated carbocycles. The number of fused-ring (bicyclic) bond motifs is 3. The van der Waals surface area contributed by atoms with E-state index in [0.29, 0.717) is 11.5 Å². The van der Waals surface area contributed by atoms with Gasteiger partial charge in [-0.1, -0.05) is 24.3 Å². The van der Waals surface area contributed by atoms with Gasteiger partial charge in [-0.3, -0.25) is 18.7 Å². The Morgan fingerprint density at radius 1 is 1.07 bits per heavy atom. The van der Waals surface area contributed by atoms with Crippen molar-refractivity contribution < 1.29 is 9.53 Å². The summed E-state index contributed by atoms with van der Waals surface area (Å²) in [5.74, 6) is -0.173. The Hall–Kier alpha value is -2.57. The molecule has 2 aliphatic carbocycles. The molecule has 7 nitrogen and oxygen atoms in total. The van der Waals surface area contributed by atoms with E-state index < -0.39 is 17.2 Å². The van der Waals surface area contributed by atoms with Gasteiger partial charge in [-0.2, -0.15) is 0 Å². The zero-order valence-electron chi connectivity index (χ0n) is 16.4. The van der Waals surface area contributed by atoms with E-state index in [0.717, 1.165) is 35.8 Å². The number of anilines is 1. The minimum absolute atomic E-state index is 0.00422. The van der Waals surface area contributed by atoms with Crippen LogP contribution in [-0.2, 0) is 30.0 Å². The van der Waals surface area contributed by atoms with Crippen molar-refractivity contribution in [3.63, 3.8) is 0 Å². The number of nitrogen functional groups attached to an aromatic ring is 1. The molecule has 1 aromatic rings. The van der Waals surface area contributed by atoms with Crippen molar-refractivity contribution in [1.82, 2.24) is 9.13 Å². The molecule has 150 valence electrons. The lowest BCUT2D eigenvalue weighted by Crippen LogP contribution is -2.41. The second-order valence-electron chi connectivity index (χ2n) is 8.47. The van der Waals surface area contributed by atoms with Crippen molar-refractivity contribution in [3.8, 4) is 0 Å². The lowest BCUT2D eigenvalue weighted by atomic mass is 9.78. The standard InChI is InChI=1S/C21H27N3O4/c1-10-5-8-13-14(9-15-18(22)23(3)21(27)24(4)19(15)25)20(26)28-17(13)16-11(2)6-7-12(10)16/h12-14,16-17H,1-2,5-9,22H2,3-4H3/t12-,13-,14-,16-,17-/m0/s1. The Bertz CT molecular complexity index is 1000. The number of esters is 1. The fraction of sp³-hybridized carbons (Fsp3) is 0.571.